The minimum Gasteiger partial charge on any atom is -0.192 e. The monoisotopic (exact) mass is 259 g/mol. The van der Waals surface area contributed by atoms with Crippen molar-refractivity contribution >= 4 is 11.8 Å². The van der Waals surface area contributed by atoms with Crippen LogP contribution in [0.1, 0.15) is 31.4 Å². The van der Waals surface area contributed by atoms with Gasteiger partial charge in [-0.15, -0.1) is 11.8 Å². The number of alkyl halides is 3. The topological polar surface area (TPSA) is 23.8 Å². The maximum Gasteiger partial charge on any atom is 0.416 e. The molecule has 0 aliphatic carbocycles. The van der Waals surface area contributed by atoms with E-state index in [1.807, 2.05) is 19.9 Å². The van der Waals surface area contributed by atoms with E-state index in [1.54, 1.807) is 0 Å². The van der Waals surface area contributed by atoms with Crippen molar-refractivity contribution in [2.75, 3.05) is 0 Å². The van der Waals surface area contributed by atoms with E-state index in [-0.39, 0.29) is 10.8 Å². The highest BCUT2D eigenvalue weighted by Gasteiger charge is 2.31. The van der Waals surface area contributed by atoms with E-state index in [1.165, 1.54) is 17.8 Å². The first-order valence-electron chi connectivity index (χ1n) is 5.16. The van der Waals surface area contributed by atoms with E-state index < -0.39 is 11.7 Å². The number of nitrogens with zero attached hydrogens (tertiary/aromatic N) is 1. The van der Waals surface area contributed by atoms with Gasteiger partial charge in [0.1, 0.15) is 6.07 Å². The lowest BCUT2D eigenvalue weighted by atomic mass is 10.1. The molecule has 0 N–H and O–H groups in total. The van der Waals surface area contributed by atoms with Gasteiger partial charge in [0, 0.05) is 10.1 Å². The fraction of sp³-hybridized carbons (Fsp3) is 0.417. The summed E-state index contributed by atoms with van der Waals surface area (Å²) < 4.78 is 37.3. The molecular formula is C12H12F3NS. The summed E-state index contributed by atoms with van der Waals surface area (Å²) in [6.45, 7) is 3.97. The fourth-order valence-corrected chi connectivity index (χ4v) is 2.17. The first-order valence-corrected chi connectivity index (χ1v) is 6.04. The molecule has 0 radical (unpaired) electrons. The Morgan fingerprint density at radius 1 is 1.41 bits per heavy atom. The number of benzene rings is 1. The van der Waals surface area contributed by atoms with Gasteiger partial charge >= 0.3 is 6.18 Å². The van der Waals surface area contributed by atoms with Crippen LogP contribution < -0.4 is 0 Å². The molecule has 5 heteroatoms. The summed E-state index contributed by atoms with van der Waals surface area (Å²) in [6.07, 6.45) is -3.50. The van der Waals surface area contributed by atoms with Crippen LogP contribution in [0.15, 0.2) is 23.1 Å². The SMILES string of the molecule is CCC(C)Sc1ccc(C(F)(F)F)cc1C#N. The smallest absolute Gasteiger partial charge is 0.192 e. The summed E-state index contributed by atoms with van der Waals surface area (Å²) in [7, 11) is 0. The zero-order chi connectivity index (χ0) is 13.1. The summed E-state index contributed by atoms with van der Waals surface area (Å²) in [4.78, 5) is 0.606. The quantitative estimate of drug-likeness (QED) is 0.748. The molecule has 1 aromatic rings. The molecule has 1 unspecified atom stereocenters. The Hall–Kier alpha value is -1.15. The van der Waals surface area contributed by atoms with Crippen LogP contribution in [0.2, 0.25) is 0 Å². The molecule has 0 fully saturated rings. The summed E-state index contributed by atoms with van der Waals surface area (Å²) in [5.74, 6) is 0. The van der Waals surface area contributed by atoms with Crippen LogP contribution in [0.4, 0.5) is 13.2 Å². The van der Waals surface area contributed by atoms with Crippen molar-refractivity contribution in [2.24, 2.45) is 0 Å². The second-order valence-electron chi connectivity index (χ2n) is 3.66. The molecule has 0 aliphatic heterocycles. The number of hydrogen-bond donors (Lipinski definition) is 0. The third-order valence-electron chi connectivity index (χ3n) is 2.33. The van der Waals surface area contributed by atoms with Crippen LogP contribution in [0.25, 0.3) is 0 Å². The van der Waals surface area contributed by atoms with Crippen molar-refractivity contribution in [1.29, 1.82) is 5.26 Å². The third kappa shape index (κ3) is 3.67. The number of thioether (sulfide) groups is 1. The molecule has 0 spiro atoms. The van der Waals surface area contributed by atoms with Crippen LogP contribution in [0.5, 0.6) is 0 Å². The highest BCUT2D eigenvalue weighted by Crippen LogP contribution is 2.34. The molecule has 1 atom stereocenters. The van der Waals surface area contributed by atoms with Gasteiger partial charge in [0.2, 0.25) is 0 Å². The molecule has 1 aromatic carbocycles. The van der Waals surface area contributed by atoms with Gasteiger partial charge in [0.25, 0.3) is 0 Å². The molecule has 0 heterocycles. The van der Waals surface area contributed by atoms with Gasteiger partial charge < -0.3 is 0 Å². The van der Waals surface area contributed by atoms with Gasteiger partial charge in [-0.2, -0.15) is 18.4 Å². The van der Waals surface area contributed by atoms with E-state index in [2.05, 4.69) is 0 Å². The Balaban J connectivity index is 3.07. The molecule has 0 aromatic heterocycles. The van der Waals surface area contributed by atoms with Crippen molar-refractivity contribution in [3.63, 3.8) is 0 Å². The molecule has 0 bridgehead atoms. The zero-order valence-electron chi connectivity index (χ0n) is 9.51. The van der Waals surface area contributed by atoms with E-state index in [9.17, 15) is 13.2 Å². The van der Waals surface area contributed by atoms with Crippen LogP contribution in [0, 0.1) is 11.3 Å². The molecule has 17 heavy (non-hydrogen) atoms. The number of halogens is 3. The summed E-state index contributed by atoms with van der Waals surface area (Å²) in [6, 6.07) is 5.12. The normalized spacial score (nSPS) is 13.2. The van der Waals surface area contributed by atoms with Crippen molar-refractivity contribution in [3.8, 4) is 6.07 Å². The second kappa shape index (κ2) is 5.46. The van der Waals surface area contributed by atoms with E-state index >= 15 is 0 Å². The minimum absolute atomic E-state index is 0.0881. The Kier molecular flexibility index (Phi) is 4.47. The largest absolute Gasteiger partial charge is 0.416 e. The lowest BCUT2D eigenvalue weighted by Crippen LogP contribution is -2.05. The van der Waals surface area contributed by atoms with E-state index in [4.69, 9.17) is 5.26 Å². The maximum atomic E-state index is 12.4. The molecule has 0 saturated heterocycles. The first-order chi connectivity index (χ1) is 7.88. The number of rotatable bonds is 3. The van der Waals surface area contributed by atoms with Crippen LogP contribution in [-0.4, -0.2) is 5.25 Å². The van der Waals surface area contributed by atoms with Crippen LogP contribution in [0.3, 0.4) is 0 Å². The Morgan fingerprint density at radius 3 is 2.53 bits per heavy atom. The first kappa shape index (κ1) is 13.9. The number of hydrogen-bond acceptors (Lipinski definition) is 2. The molecule has 1 rings (SSSR count). The predicted molar refractivity (Wildman–Crippen MR) is 61.8 cm³/mol. The molecule has 0 saturated carbocycles. The Bertz CT molecular complexity index is 434. The fourth-order valence-electron chi connectivity index (χ4n) is 1.20. The minimum atomic E-state index is -4.40. The maximum absolute atomic E-state index is 12.4. The molecule has 0 aliphatic rings. The van der Waals surface area contributed by atoms with Crippen molar-refractivity contribution in [1.82, 2.24) is 0 Å². The average molecular weight is 259 g/mol. The Labute approximate surface area is 103 Å². The van der Waals surface area contributed by atoms with Crippen molar-refractivity contribution in [2.45, 2.75) is 36.6 Å². The average Bonchev–Trinajstić information content (AvgIpc) is 2.27. The molecular weight excluding hydrogens is 247 g/mol. The zero-order valence-corrected chi connectivity index (χ0v) is 10.3. The predicted octanol–water partition coefficient (Wildman–Crippen LogP) is 4.47. The summed E-state index contributed by atoms with van der Waals surface area (Å²) in [5.41, 5.74) is -0.687. The highest BCUT2D eigenvalue weighted by molar-refractivity contribution is 8.00. The third-order valence-corrected chi connectivity index (χ3v) is 3.68. The van der Waals surface area contributed by atoms with Crippen LogP contribution in [-0.2, 0) is 6.18 Å². The van der Waals surface area contributed by atoms with Gasteiger partial charge in [0.15, 0.2) is 0 Å². The van der Waals surface area contributed by atoms with E-state index in [0.29, 0.717) is 4.90 Å². The van der Waals surface area contributed by atoms with Crippen molar-refractivity contribution in [3.05, 3.63) is 29.3 Å². The molecule has 92 valence electrons. The summed E-state index contributed by atoms with van der Waals surface area (Å²) in [5, 5.41) is 9.14. The standard InChI is InChI=1S/C12H12F3NS/c1-3-8(2)17-11-5-4-10(12(13,14)15)6-9(11)7-16/h4-6,8H,3H2,1-2H3. The lowest BCUT2D eigenvalue weighted by molar-refractivity contribution is -0.137. The molecule has 0 amide bonds. The lowest BCUT2D eigenvalue weighted by Gasteiger charge is -2.12. The second-order valence-corrected chi connectivity index (χ2v) is 5.14. The van der Waals surface area contributed by atoms with Gasteiger partial charge in [-0.25, -0.2) is 0 Å². The number of nitriles is 1. The van der Waals surface area contributed by atoms with Crippen molar-refractivity contribution < 1.29 is 13.2 Å². The molecule has 1 nitrogen and oxygen atoms in total. The van der Waals surface area contributed by atoms with Gasteiger partial charge in [0.05, 0.1) is 11.1 Å². The highest BCUT2D eigenvalue weighted by atomic mass is 32.2. The summed E-state index contributed by atoms with van der Waals surface area (Å²) >= 11 is 1.42. The van der Waals surface area contributed by atoms with Crippen LogP contribution >= 0.6 is 11.8 Å². The Morgan fingerprint density at radius 2 is 2.06 bits per heavy atom. The van der Waals surface area contributed by atoms with Gasteiger partial charge in [-0.3, -0.25) is 0 Å². The van der Waals surface area contributed by atoms with Gasteiger partial charge in [-0.1, -0.05) is 13.8 Å². The van der Waals surface area contributed by atoms with E-state index in [0.717, 1.165) is 18.6 Å². The van der Waals surface area contributed by atoms with Gasteiger partial charge in [-0.05, 0) is 24.6 Å².